The Balaban J connectivity index is 1.62. The number of fused-ring (bicyclic) bond motifs is 2. The van der Waals surface area contributed by atoms with Crippen LogP contribution in [0.3, 0.4) is 0 Å². The fraction of sp³-hybridized carbons (Fsp3) is 0.290. The lowest BCUT2D eigenvalue weighted by atomic mass is 9.85. The van der Waals surface area contributed by atoms with Crippen LogP contribution < -0.4 is 24.6 Å². The van der Waals surface area contributed by atoms with Gasteiger partial charge in [0.25, 0.3) is 0 Å². The maximum absolute atomic E-state index is 13.6. The summed E-state index contributed by atoms with van der Waals surface area (Å²) in [5.41, 5.74) is 2.78. The van der Waals surface area contributed by atoms with Gasteiger partial charge in [-0.3, -0.25) is 4.79 Å². The molecule has 0 unspecified atom stereocenters. The van der Waals surface area contributed by atoms with Gasteiger partial charge in [0, 0.05) is 48.7 Å². The third kappa shape index (κ3) is 4.56. The molecule has 39 heavy (non-hydrogen) atoms. The fourth-order valence-electron chi connectivity index (χ4n) is 5.60. The number of ether oxygens (including phenoxy) is 4. The molecule has 1 fully saturated rings. The van der Waals surface area contributed by atoms with Gasteiger partial charge < -0.3 is 28.3 Å². The molecule has 8 heteroatoms. The molecule has 4 aromatic rings. The number of carbonyl (C=O) groups is 1. The quantitative estimate of drug-likeness (QED) is 0.300. The van der Waals surface area contributed by atoms with Crippen LogP contribution in [0.25, 0.3) is 22.1 Å². The Labute approximate surface area is 225 Å². The summed E-state index contributed by atoms with van der Waals surface area (Å²) in [5.74, 6) is 1.75. The number of benzene rings is 3. The van der Waals surface area contributed by atoms with Crippen molar-refractivity contribution in [3.8, 4) is 34.1 Å². The molecule has 1 aromatic heterocycles. The highest BCUT2D eigenvalue weighted by molar-refractivity contribution is 6.01. The summed E-state index contributed by atoms with van der Waals surface area (Å²) in [6.07, 6.45) is 2.14. The molecule has 0 radical (unpaired) electrons. The van der Waals surface area contributed by atoms with Crippen molar-refractivity contribution in [3.05, 3.63) is 82.2 Å². The summed E-state index contributed by atoms with van der Waals surface area (Å²) in [5, 5.41) is 0.637. The van der Waals surface area contributed by atoms with Gasteiger partial charge in [0.2, 0.25) is 12.7 Å². The Kier molecular flexibility index (Phi) is 6.60. The second kappa shape index (κ2) is 10.4. The molecule has 8 nitrogen and oxygen atoms in total. The molecule has 200 valence electrons. The van der Waals surface area contributed by atoms with Crippen LogP contribution in [0.4, 0.5) is 0 Å². The van der Waals surface area contributed by atoms with Crippen LogP contribution in [0.1, 0.15) is 36.3 Å². The topological polar surface area (TPSA) is 87.4 Å². The van der Waals surface area contributed by atoms with E-state index >= 15 is 0 Å². The Morgan fingerprint density at radius 3 is 2.41 bits per heavy atom. The highest BCUT2D eigenvalue weighted by Gasteiger charge is 2.32. The molecule has 6 rings (SSSR count). The summed E-state index contributed by atoms with van der Waals surface area (Å²) in [6.45, 7) is 1.61. The Morgan fingerprint density at radius 2 is 1.67 bits per heavy atom. The summed E-state index contributed by atoms with van der Waals surface area (Å²) in [7, 11) is 3.13. The van der Waals surface area contributed by atoms with E-state index in [0.29, 0.717) is 45.1 Å². The molecule has 3 aromatic carbocycles. The van der Waals surface area contributed by atoms with Crippen LogP contribution in [-0.4, -0.2) is 44.9 Å². The first kappa shape index (κ1) is 24.9. The number of rotatable bonds is 7. The maximum Gasteiger partial charge on any atom is 0.336 e. The van der Waals surface area contributed by atoms with Crippen molar-refractivity contribution in [2.24, 2.45) is 0 Å². The third-order valence-corrected chi connectivity index (χ3v) is 7.49. The lowest BCUT2D eigenvalue weighted by molar-refractivity contribution is -0.130. The number of hydrogen-bond acceptors (Lipinski definition) is 7. The minimum absolute atomic E-state index is 0.0303. The summed E-state index contributed by atoms with van der Waals surface area (Å²) < 4.78 is 28.8. The van der Waals surface area contributed by atoms with Crippen molar-refractivity contribution >= 4 is 16.9 Å². The van der Waals surface area contributed by atoms with E-state index in [9.17, 15) is 9.59 Å². The van der Waals surface area contributed by atoms with Crippen molar-refractivity contribution < 1.29 is 28.2 Å². The molecule has 1 amide bonds. The van der Waals surface area contributed by atoms with Gasteiger partial charge in [-0.1, -0.05) is 36.4 Å². The summed E-state index contributed by atoms with van der Waals surface area (Å²) in [6, 6.07) is 18.5. The van der Waals surface area contributed by atoms with Crippen LogP contribution in [0.5, 0.6) is 23.0 Å². The molecular formula is C31H29NO7. The average Bonchev–Trinajstić information content (AvgIpc) is 3.67. The molecule has 2 aliphatic rings. The van der Waals surface area contributed by atoms with Gasteiger partial charge in [0.15, 0.2) is 11.5 Å². The molecule has 0 bridgehead atoms. The first-order valence-electron chi connectivity index (χ1n) is 13.0. The van der Waals surface area contributed by atoms with Crippen LogP contribution in [0, 0.1) is 0 Å². The zero-order valence-electron chi connectivity index (χ0n) is 21.9. The van der Waals surface area contributed by atoms with Crippen molar-refractivity contribution in [2.75, 3.05) is 34.1 Å². The van der Waals surface area contributed by atoms with Gasteiger partial charge in [-0.05, 0) is 36.1 Å². The van der Waals surface area contributed by atoms with E-state index in [1.807, 2.05) is 53.4 Å². The first-order chi connectivity index (χ1) is 19.1. The normalized spacial score (nSPS) is 15.0. The monoisotopic (exact) mass is 527 g/mol. The van der Waals surface area contributed by atoms with E-state index < -0.39 is 11.5 Å². The zero-order chi connectivity index (χ0) is 26.9. The molecular weight excluding hydrogens is 498 g/mol. The maximum atomic E-state index is 13.6. The largest absolute Gasteiger partial charge is 0.496 e. The predicted molar refractivity (Wildman–Crippen MR) is 146 cm³/mol. The van der Waals surface area contributed by atoms with E-state index in [0.717, 1.165) is 37.1 Å². The van der Waals surface area contributed by atoms with E-state index in [-0.39, 0.29) is 19.1 Å². The number of carbonyl (C=O) groups excluding carboxylic acids is 1. The van der Waals surface area contributed by atoms with Crippen molar-refractivity contribution in [2.45, 2.75) is 25.2 Å². The molecule has 0 saturated carbocycles. The highest BCUT2D eigenvalue weighted by atomic mass is 16.7. The number of methoxy groups -OCH3 is 2. The Morgan fingerprint density at radius 1 is 0.923 bits per heavy atom. The molecule has 0 spiro atoms. The fourth-order valence-corrected chi connectivity index (χ4v) is 5.60. The van der Waals surface area contributed by atoms with Gasteiger partial charge in [-0.2, -0.15) is 0 Å². The van der Waals surface area contributed by atoms with Crippen molar-refractivity contribution in [1.29, 1.82) is 0 Å². The lowest BCUT2D eigenvalue weighted by Gasteiger charge is -2.25. The van der Waals surface area contributed by atoms with Gasteiger partial charge in [-0.15, -0.1) is 0 Å². The van der Waals surface area contributed by atoms with E-state index in [1.165, 1.54) is 6.07 Å². The standard InChI is InChI=1S/C31H29NO7/c1-35-25-17-26(36-2)30-22(19-8-4-3-5-9-19)16-28(34)39-31(30)29(25)21(15-27(33)32-12-6-7-13-32)20-10-11-23-24(14-20)38-18-37-23/h3-5,8-11,14,16-17,21H,6-7,12-13,15,18H2,1-2H3/t21-/m1/s1. The van der Waals surface area contributed by atoms with Gasteiger partial charge in [0.05, 0.1) is 19.6 Å². The predicted octanol–water partition coefficient (Wildman–Crippen LogP) is 5.35. The second-order valence-electron chi connectivity index (χ2n) is 9.70. The number of hydrogen-bond donors (Lipinski definition) is 0. The van der Waals surface area contributed by atoms with Crippen molar-refractivity contribution in [3.63, 3.8) is 0 Å². The average molecular weight is 528 g/mol. The van der Waals surface area contributed by atoms with Gasteiger partial charge in [-0.25, -0.2) is 4.79 Å². The zero-order valence-corrected chi connectivity index (χ0v) is 21.9. The summed E-state index contributed by atoms with van der Waals surface area (Å²) in [4.78, 5) is 28.5. The second-order valence-corrected chi connectivity index (χ2v) is 9.70. The van der Waals surface area contributed by atoms with E-state index in [2.05, 4.69) is 0 Å². The molecule has 1 atom stereocenters. The van der Waals surface area contributed by atoms with Gasteiger partial charge >= 0.3 is 5.63 Å². The first-order valence-corrected chi connectivity index (χ1v) is 13.0. The highest BCUT2D eigenvalue weighted by Crippen LogP contribution is 2.47. The Hall–Kier alpha value is -4.46. The van der Waals surface area contributed by atoms with Crippen LogP contribution in [-0.2, 0) is 4.79 Å². The molecule has 0 N–H and O–H groups in total. The molecule has 0 aliphatic carbocycles. The van der Waals surface area contributed by atoms with E-state index in [4.69, 9.17) is 23.4 Å². The number of amides is 1. The van der Waals surface area contributed by atoms with E-state index in [1.54, 1.807) is 20.3 Å². The summed E-state index contributed by atoms with van der Waals surface area (Å²) >= 11 is 0. The lowest BCUT2D eigenvalue weighted by Crippen LogP contribution is -2.29. The minimum atomic E-state index is -0.506. The van der Waals surface area contributed by atoms with Crippen molar-refractivity contribution in [1.82, 2.24) is 4.90 Å². The minimum Gasteiger partial charge on any atom is -0.496 e. The molecule has 2 aliphatic heterocycles. The van der Waals surface area contributed by atoms with Crippen LogP contribution in [0.2, 0.25) is 0 Å². The molecule has 3 heterocycles. The van der Waals surface area contributed by atoms with Gasteiger partial charge in [0.1, 0.15) is 17.1 Å². The number of nitrogens with zero attached hydrogens (tertiary/aromatic N) is 1. The SMILES string of the molecule is COc1cc(OC)c2c(-c3ccccc3)cc(=O)oc2c1[C@H](CC(=O)N1CCCC1)c1ccc2c(c1)OCO2. The van der Waals surface area contributed by atoms with Crippen LogP contribution in [0.15, 0.2) is 69.9 Å². The molecule has 1 saturated heterocycles. The smallest absolute Gasteiger partial charge is 0.336 e. The third-order valence-electron chi connectivity index (χ3n) is 7.49. The van der Waals surface area contributed by atoms with Crippen LogP contribution >= 0.6 is 0 Å². The Bertz CT molecular complexity index is 1590. The number of likely N-dealkylation sites (tertiary alicyclic amines) is 1.